The molecule has 0 bridgehead atoms. The van der Waals surface area contributed by atoms with Crippen molar-refractivity contribution in [1.29, 1.82) is 0 Å². The second-order valence-corrected chi connectivity index (χ2v) is 4.83. The number of nitrogens with zero attached hydrogens (tertiary/aromatic N) is 1. The molecule has 0 atom stereocenters. The molecule has 24 heavy (non-hydrogen) atoms. The van der Waals surface area contributed by atoms with Crippen LogP contribution in [0.15, 0.2) is 77.7 Å². The number of pyridine rings is 1. The number of hydrogen-bond donors (Lipinski definition) is 0. The van der Waals surface area contributed by atoms with Gasteiger partial charge in [0.2, 0.25) is 0 Å². The zero-order valence-electron chi connectivity index (χ0n) is 12.6. The van der Waals surface area contributed by atoms with Crippen LogP contribution in [0.3, 0.4) is 0 Å². The first-order valence-corrected chi connectivity index (χ1v) is 7.21. The Morgan fingerprint density at radius 3 is 2.54 bits per heavy atom. The molecule has 0 amide bonds. The van der Waals surface area contributed by atoms with Gasteiger partial charge in [0.25, 0.3) is 0 Å². The van der Waals surface area contributed by atoms with Crippen LogP contribution >= 0.6 is 0 Å². The Bertz CT molecular complexity index is 867. The van der Waals surface area contributed by atoms with Gasteiger partial charge in [-0.25, -0.2) is 4.79 Å². The molecule has 2 heterocycles. The van der Waals surface area contributed by atoms with Crippen molar-refractivity contribution in [2.24, 2.45) is 0 Å². The van der Waals surface area contributed by atoms with Crippen molar-refractivity contribution >= 4 is 17.8 Å². The van der Waals surface area contributed by atoms with Crippen molar-refractivity contribution in [1.82, 2.24) is 4.98 Å². The van der Waals surface area contributed by atoms with Crippen molar-refractivity contribution in [3.05, 3.63) is 90.2 Å². The van der Waals surface area contributed by atoms with Gasteiger partial charge in [-0.2, -0.15) is 0 Å². The molecule has 2 aromatic heterocycles. The molecular weight excluding hydrogens is 306 g/mol. The summed E-state index contributed by atoms with van der Waals surface area (Å²) < 4.78 is 10.5. The Kier molecular flexibility index (Phi) is 4.62. The summed E-state index contributed by atoms with van der Waals surface area (Å²) in [6.07, 6.45) is 7.45. The summed E-state index contributed by atoms with van der Waals surface area (Å²) in [7, 11) is 0. The van der Waals surface area contributed by atoms with Gasteiger partial charge in [0.15, 0.2) is 5.78 Å². The van der Waals surface area contributed by atoms with Crippen LogP contribution in [0, 0.1) is 0 Å². The molecule has 3 aromatic rings. The van der Waals surface area contributed by atoms with Gasteiger partial charge in [-0.15, -0.1) is 0 Å². The highest BCUT2D eigenvalue weighted by molar-refractivity contribution is 6.09. The van der Waals surface area contributed by atoms with Crippen molar-refractivity contribution in [3.8, 4) is 5.75 Å². The van der Waals surface area contributed by atoms with E-state index in [1.807, 2.05) is 0 Å². The summed E-state index contributed by atoms with van der Waals surface area (Å²) in [6.45, 7) is 0. The van der Waals surface area contributed by atoms with E-state index in [1.165, 1.54) is 24.7 Å². The van der Waals surface area contributed by atoms with E-state index in [4.69, 9.17) is 9.15 Å². The van der Waals surface area contributed by atoms with Gasteiger partial charge >= 0.3 is 5.97 Å². The minimum absolute atomic E-state index is 0.202. The molecule has 118 valence electrons. The molecule has 5 nitrogen and oxygen atoms in total. The smallest absolute Gasteiger partial charge is 0.343 e. The number of esters is 1. The second kappa shape index (κ2) is 7.19. The van der Waals surface area contributed by atoms with Gasteiger partial charge in [-0.05, 0) is 48.6 Å². The van der Waals surface area contributed by atoms with Gasteiger partial charge in [0.05, 0.1) is 17.4 Å². The van der Waals surface area contributed by atoms with Crippen LogP contribution in [-0.4, -0.2) is 16.7 Å². The standard InChI is InChI=1S/C19H13NO4/c21-17(8-7-15-4-3-13-23-15)16-5-1-2-6-18(16)24-19(22)14-9-11-20-12-10-14/h1-13H/b8-7+. The van der Waals surface area contributed by atoms with E-state index in [-0.39, 0.29) is 11.5 Å². The summed E-state index contributed by atoms with van der Waals surface area (Å²) in [4.78, 5) is 28.3. The lowest BCUT2D eigenvalue weighted by atomic mass is 10.1. The number of carbonyl (C=O) groups excluding carboxylic acids is 2. The molecule has 0 saturated carbocycles. The lowest BCUT2D eigenvalue weighted by Gasteiger charge is -2.07. The monoisotopic (exact) mass is 319 g/mol. The number of hydrogen-bond acceptors (Lipinski definition) is 5. The molecule has 0 N–H and O–H groups in total. The molecule has 0 aliphatic carbocycles. The number of aromatic nitrogens is 1. The van der Waals surface area contributed by atoms with Crippen LogP contribution < -0.4 is 4.74 Å². The SMILES string of the molecule is O=C(Oc1ccccc1C(=O)/C=C/c1ccco1)c1ccncc1. The fourth-order valence-electron chi connectivity index (χ4n) is 2.04. The molecule has 0 radical (unpaired) electrons. The maximum atomic E-state index is 12.3. The lowest BCUT2D eigenvalue weighted by Crippen LogP contribution is -2.11. The average Bonchev–Trinajstić information content (AvgIpc) is 3.14. The zero-order chi connectivity index (χ0) is 16.8. The molecule has 0 unspecified atom stereocenters. The number of para-hydroxylation sites is 1. The Labute approximate surface area is 138 Å². The molecule has 0 spiro atoms. The number of benzene rings is 1. The third kappa shape index (κ3) is 3.64. The Morgan fingerprint density at radius 1 is 1.00 bits per heavy atom. The van der Waals surface area contributed by atoms with Gasteiger partial charge in [-0.3, -0.25) is 9.78 Å². The number of allylic oxidation sites excluding steroid dienone is 1. The predicted octanol–water partition coefficient (Wildman–Crippen LogP) is 3.79. The highest BCUT2D eigenvalue weighted by Crippen LogP contribution is 2.21. The van der Waals surface area contributed by atoms with E-state index >= 15 is 0 Å². The first kappa shape index (κ1) is 15.4. The molecule has 3 rings (SSSR count). The minimum atomic E-state index is -0.548. The largest absolute Gasteiger partial charge is 0.465 e. The van der Waals surface area contributed by atoms with Crippen molar-refractivity contribution in [3.63, 3.8) is 0 Å². The lowest BCUT2D eigenvalue weighted by molar-refractivity contribution is 0.0733. The third-order valence-corrected chi connectivity index (χ3v) is 3.21. The summed E-state index contributed by atoms with van der Waals surface area (Å²) in [6, 6.07) is 13.1. The van der Waals surface area contributed by atoms with E-state index in [1.54, 1.807) is 54.6 Å². The van der Waals surface area contributed by atoms with Gasteiger partial charge in [0.1, 0.15) is 11.5 Å². The molecular formula is C19H13NO4. The first-order chi connectivity index (χ1) is 11.7. The van der Waals surface area contributed by atoms with Crippen LogP contribution in [0.5, 0.6) is 5.75 Å². The number of ketones is 1. The molecule has 1 aromatic carbocycles. The second-order valence-electron chi connectivity index (χ2n) is 4.83. The van der Waals surface area contributed by atoms with Crippen LogP contribution in [0.4, 0.5) is 0 Å². The number of carbonyl (C=O) groups is 2. The third-order valence-electron chi connectivity index (χ3n) is 3.21. The molecule has 0 fully saturated rings. The Morgan fingerprint density at radius 2 is 1.79 bits per heavy atom. The fraction of sp³-hybridized carbons (Fsp3) is 0. The average molecular weight is 319 g/mol. The number of ether oxygens (including phenoxy) is 1. The van der Waals surface area contributed by atoms with E-state index in [2.05, 4.69) is 4.98 Å². The van der Waals surface area contributed by atoms with E-state index < -0.39 is 5.97 Å². The van der Waals surface area contributed by atoms with E-state index in [0.717, 1.165) is 0 Å². The molecule has 0 aliphatic heterocycles. The Hall–Kier alpha value is -3.47. The highest BCUT2D eigenvalue weighted by Gasteiger charge is 2.14. The maximum absolute atomic E-state index is 12.3. The number of rotatable bonds is 5. The van der Waals surface area contributed by atoms with Crippen molar-refractivity contribution < 1.29 is 18.7 Å². The summed E-state index contributed by atoms with van der Waals surface area (Å²) in [5, 5.41) is 0. The summed E-state index contributed by atoms with van der Waals surface area (Å²) in [5.74, 6) is -0.0692. The highest BCUT2D eigenvalue weighted by atomic mass is 16.5. The normalized spacial score (nSPS) is 10.7. The summed E-state index contributed by atoms with van der Waals surface area (Å²) in [5.41, 5.74) is 0.654. The molecule has 5 heteroatoms. The van der Waals surface area contributed by atoms with E-state index in [0.29, 0.717) is 16.9 Å². The first-order valence-electron chi connectivity index (χ1n) is 7.21. The van der Waals surface area contributed by atoms with Crippen LogP contribution in [-0.2, 0) is 0 Å². The van der Waals surface area contributed by atoms with E-state index in [9.17, 15) is 9.59 Å². The minimum Gasteiger partial charge on any atom is -0.465 e. The maximum Gasteiger partial charge on any atom is 0.343 e. The Balaban J connectivity index is 1.80. The summed E-state index contributed by atoms with van der Waals surface area (Å²) >= 11 is 0. The van der Waals surface area contributed by atoms with Crippen molar-refractivity contribution in [2.75, 3.05) is 0 Å². The van der Waals surface area contributed by atoms with Gasteiger partial charge in [0, 0.05) is 12.4 Å². The quantitative estimate of drug-likeness (QED) is 0.310. The van der Waals surface area contributed by atoms with Gasteiger partial charge in [-0.1, -0.05) is 12.1 Å². The van der Waals surface area contributed by atoms with Crippen molar-refractivity contribution in [2.45, 2.75) is 0 Å². The van der Waals surface area contributed by atoms with Crippen LogP contribution in [0.2, 0.25) is 0 Å². The van der Waals surface area contributed by atoms with Crippen LogP contribution in [0.1, 0.15) is 26.5 Å². The zero-order valence-corrected chi connectivity index (χ0v) is 12.6. The predicted molar refractivity (Wildman–Crippen MR) is 87.7 cm³/mol. The molecule has 0 saturated heterocycles. The topological polar surface area (TPSA) is 69.4 Å². The van der Waals surface area contributed by atoms with Crippen LogP contribution in [0.25, 0.3) is 6.08 Å². The molecule has 0 aliphatic rings. The van der Waals surface area contributed by atoms with Gasteiger partial charge < -0.3 is 9.15 Å². The number of furan rings is 1. The fourth-order valence-corrected chi connectivity index (χ4v) is 2.04.